The summed E-state index contributed by atoms with van der Waals surface area (Å²) in [5.74, 6) is -0.550. The van der Waals surface area contributed by atoms with E-state index in [9.17, 15) is 14.7 Å². The van der Waals surface area contributed by atoms with Crippen LogP contribution in [0.5, 0.6) is 0 Å². The van der Waals surface area contributed by atoms with Crippen molar-refractivity contribution in [2.75, 3.05) is 0 Å². The number of ketones is 1. The summed E-state index contributed by atoms with van der Waals surface area (Å²) in [7, 11) is 0. The van der Waals surface area contributed by atoms with Crippen LogP contribution < -0.4 is 0 Å². The van der Waals surface area contributed by atoms with Gasteiger partial charge in [-0.3, -0.25) is 9.59 Å². The molecule has 0 amide bonds. The molecule has 1 N–H and O–H groups in total. The Balaban J connectivity index is 2.59. The summed E-state index contributed by atoms with van der Waals surface area (Å²) < 4.78 is 0. The van der Waals surface area contributed by atoms with E-state index in [0.717, 1.165) is 25.7 Å². The fourth-order valence-electron chi connectivity index (χ4n) is 3.62. The van der Waals surface area contributed by atoms with Gasteiger partial charge in [0.15, 0.2) is 0 Å². The minimum Gasteiger partial charge on any atom is -0.481 e. The molecule has 0 aromatic rings. The molecule has 0 aromatic heterocycles. The van der Waals surface area contributed by atoms with Crippen molar-refractivity contribution in [2.24, 2.45) is 23.2 Å². The highest BCUT2D eigenvalue weighted by Crippen LogP contribution is 2.55. The SMILES string of the molecule is CCCCCCC(C(=O)O)C1CC(C(C)=O)C1(C)C. The van der Waals surface area contributed by atoms with Gasteiger partial charge in [0.05, 0.1) is 5.92 Å². The van der Waals surface area contributed by atoms with Crippen molar-refractivity contribution in [3.8, 4) is 0 Å². The summed E-state index contributed by atoms with van der Waals surface area (Å²) in [4.78, 5) is 23.0. The van der Waals surface area contributed by atoms with Gasteiger partial charge in [-0.25, -0.2) is 0 Å². The van der Waals surface area contributed by atoms with E-state index >= 15 is 0 Å². The first-order valence-corrected chi connectivity index (χ1v) is 7.55. The average molecular weight is 268 g/mol. The highest BCUT2D eigenvalue weighted by atomic mass is 16.4. The number of carbonyl (C=O) groups is 2. The molecule has 0 bridgehead atoms. The Morgan fingerprint density at radius 2 is 1.89 bits per heavy atom. The fourth-order valence-corrected chi connectivity index (χ4v) is 3.62. The summed E-state index contributed by atoms with van der Waals surface area (Å²) in [6.45, 7) is 7.88. The Bertz CT molecular complexity index is 333. The van der Waals surface area contributed by atoms with E-state index in [1.807, 2.05) is 0 Å². The molecule has 1 fully saturated rings. The van der Waals surface area contributed by atoms with Gasteiger partial charge in [0, 0.05) is 5.92 Å². The number of carbonyl (C=O) groups excluding carboxylic acids is 1. The van der Waals surface area contributed by atoms with Crippen LogP contribution in [0.1, 0.15) is 66.2 Å². The highest BCUT2D eigenvalue weighted by molar-refractivity contribution is 5.81. The van der Waals surface area contributed by atoms with Crippen molar-refractivity contribution < 1.29 is 14.7 Å². The van der Waals surface area contributed by atoms with Crippen molar-refractivity contribution >= 4 is 11.8 Å². The van der Waals surface area contributed by atoms with Crippen molar-refractivity contribution in [1.82, 2.24) is 0 Å². The second-order valence-electron chi connectivity index (χ2n) is 6.62. The lowest BCUT2D eigenvalue weighted by Gasteiger charge is -2.53. The monoisotopic (exact) mass is 268 g/mol. The molecular weight excluding hydrogens is 240 g/mol. The Morgan fingerprint density at radius 3 is 2.32 bits per heavy atom. The van der Waals surface area contributed by atoms with Crippen molar-refractivity contribution in [1.29, 1.82) is 0 Å². The lowest BCUT2D eigenvalue weighted by atomic mass is 9.50. The fraction of sp³-hybridized carbons (Fsp3) is 0.875. The second-order valence-corrected chi connectivity index (χ2v) is 6.62. The maximum Gasteiger partial charge on any atom is 0.306 e. The van der Waals surface area contributed by atoms with Gasteiger partial charge in [0.1, 0.15) is 5.78 Å². The van der Waals surface area contributed by atoms with E-state index in [2.05, 4.69) is 20.8 Å². The average Bonchev–Trinajstić information content (AvgIpc) is 2.30. The van der Waals surface area contributed by atoms with Gasteiger partial charge in [-0.15, -0.1) is 0 Å². The third-order valence-electron chi connectivity index (χ3n) is 5.01. The van der Waals surface area contributed by atoms with Crippen LogP contribution in [0.3, 0.4) is 0 Å². The molecule has 1 aliphatic rings. The van der Waals surface area contributed by atoms with E-state index in [1.165, 1.54) is 12.8 Å². The zero-order valence-electron chi connectivity index (χ0n) is 12.7. The molecule has 110 valence electrons. The van der Waals surface area contributed by atoms with Gasteiger partial charge in [-0.2, -0.15) is 0 Å². The number of hydrogen-bond acceptors (Lipinski definition) is 2. The van der Waals surface area contributed by atoms with Gasteiger partial charge >= 0.3 is 5.97 Å². The Morgan fingerprint density at radius 1 is 1.26 bits per heavy atom. The molecule has 1 saturated carbocycles. The van der Waals surface area contributed by atoms with Crippen LogP contribution >= 0.6 is 0 Å². The topological polar surface area (TPSA) is 54.4 Å². The molecule has 1 aliphatic carbocycles. The van der Waals surface area contributed by atoms with E-state index in [-0.39, 0.29) is 29.0 Å². The van der Waals surface area contributed by atoms with Gasteiger partial charge in [-0.1, -0.05) is 46.5 Å². The van der Waals surface area contributed by atoms with Crippen LogP contribution in [0, 0.1) is 23.2 Å². The third-order valence-corrected chi connectivity index (χ3v) is 5.01. The zero-order valence-corrected chi connectivity index (χ0v) is 12.7. The summed E-state index contributed by atoms with van der Waals surface area (Å²) in [6.07, 6.45) is 5.96. The number of Topliss-reactive ketones (excluding diaryl/α,β-unsaturated/α-hetero) is 1. The Labute approximate surface area is 116 Å². The quantitative estimate of drug-likeness (QED) is 0.679. The summed E-state index contributed by atoms with van der Waals surface area (Å²) in [6, 6.07) is 0. The Kier molecular flexibility index (Phi) is 5.57. The smallest absolute Gasteiger partial charge is 0.306 e. The molecular formula is C16H28O3. The van der Waals surface area contributed by atoms with E-state index in [0.29, 0.717) is 0 Å². The largest absolute Gasteiger partial charge is 0.481 e. The molecule has 3 atom stereocenters. The van der Waals surface area contributed by atoms with Crippen molar-refractivity contribution in [2.45, 2.75) is 66.2 Å². The van der Waals surface area contributed by atoms with Crippen molar-refractivity contribution in [3.05, 3.63) is 0 Å². The first-order valence-electron chi connectivity index (χ1n) is 7.55. The first kappa shape index (κ1) is 16.2. The van der Waals surface area contributed by atoms with Gasteiger partial charge in [0.25, 0.3) is 0 Å². The number of carboxylic acids is 1. The molecule has 19 heavy (non-hydrogen) atoms. The zero-order chi connectivity index (χ0) is 14.6. The molecule has 0 aromatic carbocycles. The van der Waals surface area contributed by atoms with Gasteiger partial charge in [-0.05, 0) is 31.1 Å². The summed E-state index contributed by atoms with van der Waals surface area (Å²) >= 11 is 0. The number of hydrogen-bond donors (Lipinski definition) is 1. The molecule has 1 rings (SSSR count). The van der Waals surface area contributed by atoms with Crippen LogP contribution in [-0.2, 0) is 9.59 Å². The number of rotatable bonds is 8. The number of carboxylic acid groups (broad SMARTS) is 1. The van der Waals surface area contributed by atoms with Gasteiger partial charge in [0.2, 0.25) is 0 Å². The third kappa shape index (κ3) is 3.58. The Hall–Kier alpha value is -0.860. The molecule has 3 nitrogen and oxygen atoms in total. The summed E-state index contributed by atoms with van der Waals surface area (Å²) in [5, 5.41) is 9.44. The molecule has 0 heterocycles. The predicted molar refractivity (Wildman–Crippen MR) is 75.9 cm³/mol. The summed E-state index contributed by atoms with van der Waals surface area (Å²) in [5.41, 5.74) is -0.153. The minimum atomic E-state index is -0.684. The standard InChI is InChI=1S/C16H28O3/c1-5-6-7-8-9-12(15(18)19)14-10-13(11(2)17)16(14,3)4/h12-14H,5-10H2,1-4H3,(H,18,19). The predicted octanol–water partition coefficient (Wildman–Crippen LogP) is 3.91. The minimum absolute atomic E-state index is 0.0509. The van der Waals surface area contributed by atoms with E-state index in [1.54, 1.807) is 6.92 Å². The van der Waals surface area contributed by atoms with Crippen LogP contribution in [0.15, 0.2) is 0 Å². The highest BCUT2D eigenvalue weighted by Gasteiger charge is 2.54. The second kappa shape index (κ2) is 6.53. The van der Waals surface area contributed by atoms with E-state index < -0.39 is 5.97 Å². The van der Waals surface area contributed by atoms with Crippen molar-refractivity contribution in [3.63, 3.8) is 0 Å². The maximum atomic E-state index is 11.5. The van der Waals surface area contributed by atoms with Gasteiger partial charge < -0.3 is 5.11 Å². The molecule has 3 heteroatoms. The molecule has 0 spiro atoms. The lowest BCUT2D eigenvalue weighted by molar-refractivity contribution is -0.159. The number of unbranched alkanes of at least 4 members (excludes halogenated alkanes) is 3. The lowest BCUT2D eigenvalue weighted by Crippen LogP contribution is -2.52. The normalized spacial score (nSPS) is 26.5. The maximum absolute atomic E-state index is 11.5. The van der Waals surface area contributed by atoms with Crippen LogP contribution in [-0.4, -0.2) is 16.9 Å². The van der Waals surface area contributed by atoms with Crippen LogP contribution in [0.4, 0.5) is 0 Å². The molecule has 0 saturated heterocycles. The van der Waals surface area contributed by atoms with E-state index in [4.69, 9.17) is 0 Å². The molecule has 0 aliphatic heterocycles. The first-order chi connectivity index (χ1) is 8.82. The van der Waals surface area contributed by atoms with Crippen LogP contribution in [0.2, 0.25) is 0 Å². The molecule has 3 unspecified atom stereocenters. The molecule has 0 radical (unpaired) electrons. The number of aliphatic carboxylic acids is 1. The van der Waals surface area contributed by atoms with Crippen LogP contribution in [0.25, 0.3) is 0 Å².